The van der Waals surface area contributed by atoms with E-state index >= 15 is 0 Å². The van der Waals surface area contributed by atoms with Gasteiger partial charge in [0.15, 0.2) is 0 Å². The first-order valence-electron chi connectivity index (χ1n) is 6.54. The van der Waals surface area contributed by atoms with E-state index in [0.29, 0.717) is 0 Å². The van der Waals surface area contributed by atoms with Gasteiger partial charge in [0.25, 0.3) is 0 Å². The Balaban J connectivity index is 3.59. The largest absolute Gasteiger partial charge is 0.392 e. The zero-order valence-corrected chi connectivity index (χ0v) is 11.5. The summed E-state index contributed by atoms with van der Waals surface area (Å²) >= 11 is 0. The summed E-state index contributed by atoms with van der Waals surface area (Å²) in [7, 11) is 1.94. The highest BCUT2D eigenvalue weighted by molar-refractivity contribution is 5.22. The Morgan fingerprint density at radius 3 is 2.29 bits per heavy atom. The third kappa shape index (κ3) is 9.68. The molecule has 0 aromatic carbocycles. The molecule has 1 nitrogen and oxygen atoms in total. The Kier molecular flexibility index (Phi) is 10.4. The van der Waals surface area contributed by atoms with Crippen molar-refractivity contribution in [2.24, 2.45) is 0 Å². The van der Waals surface area contributed by atoms with Crippen LogP contribution in [0.3, 0.4) is 0 Å². The molecule has 0 aliphatic rings. The molecule has 0 aliphatic heterocycles. The van der Waals surface area contributed by atoms with Gasteiger partial charge in [0.05, 0.1) is 0 Å². The predicted octanol–water partition coefficient (Wildman–Crippen LogP) is 4.75. The fourth-order valence-electron chi connectivity index (χ4n) is 1.73. The molecule has 17 heavy (non-hydrogen) atoms. The average molecular weight is 233 g/mol. The number of rotatable bonds is 10. The molecule has 0 aliphatic carbocycles. The van der Waals surface area contributed by atoms with Gasteiger partial charge in [-0.1, -0.05) is 50.3 Å². The van der Waals surface area contributed by atoms with Crippen molar-refractivity contribution in [1.82, 2.24) is 5.32 Å². The van der Waals surface area contributed by atoms with E-state index in [-0.39, 0.29) is 0 Å². The van der Waals surface area contributed by atoms with Crippen LogP contribution in [-0.4, -0.2) is 7.05 Å². The standard InChI is InChI=1S/C16H27N/c1-5-11-16(12-6-2)14-10-8-7-9-13-15(3)17-4/h5-6,11-12,17H,1,3,7-10,13-14H2,2,4H3/b12-6-,16-11+. The Morgan fingerprint density at radius 1 is 1.12 bits per heavy atom. The zero-order valence-electron chi connectivity index (χ0n) is 11.5. The molecule has 96 valence electrons. The average Bonchev–Trinajstić information content (AvgIpc) is 2.33. The van der Waals surface area contributed by atoms with Gasteiger partial charge in [-0.3, -0.25) is 0 Å². The van der Waals surface area contributed by atoms with Gasteiger partial charge in [-0.15, -0.1) is 0 Å². The highest BCUT2D eigenvalue weighted by Gasteiger charge is 1.95. The molecule has 0 spiro atoms. The lowest BCUT2D eigenvalue weighted by atomic mass is 10.0. The molecule has 0 aromatic heterocycles. The van der Waals surface area contributed by atoms with Crippen LogP contribution < -0.4 is 5.32 Å². The van der Waals surface area contributed by atoms with Crippen LogP contribution >= 0.6 is 0 Å². The maximum absolute atomic E-state index is 3.93. The summed E-state index contributed by atoms with van der Waals surface area (Å²) in [5.41, 5.74) is 2.52. The van der Waals surface area contributed by atoms with Gasteiger partial charge in [0, 0.05) is 12.7 Å². The van der Waals surface area contributed by atoms with Crippen molar-refractivity contribution in [1.29, 1.82) is 0 Å². The first-order valence-corrected chi connectivity index (χ1v) is 6.54. The van der Waals surface area contributed by atoms with Gasteiger partial charge in [0.2, 0.25) is 0 Å². The van der Waals surface area contributed by atoms with Crippen molar-refractivity contribution in [3.63, 3.8) is 0 Å². The Hall–Kier alpha value is -1.24. The smallest absolute Gasteiger partial charge is 0.00310 e. The molecule has 0 amide bonds. The van der Waals surface area contributed by atoms with Gasteiger partial charge in [-0.2, -0.15) is 0 Å². The summed E-state index contributed by atoms with van der Waals surface area (Å²) in [6.07, 6.45) is 15.6. The fraction of sp³-hybridized carbons (Fsp3) is 0.500. The van der Waals surface area contributed by atoms with E-state index in [9.17, 15) is 0 Å². The fourth-order valence-corrected chi connectivity index (χ4v) is 1.73. The van der Waals surface area contributed by atoms with Crippen LogP contribution in [0.15, 0.2) is 48.7 Å². The second-order valence-electron chi connectivity index (χ2n) is 4.25. The minimum absolute atomic E-state index is 1.10. The van der Waals surface area contributed by atoms with Crippen LogP contribution in [0, 0.1) is 0 Å². The molecule has 0 aromatic rings. The summed E-state index contributed by atoms with van der Waals surface area (Å²) in [5.74, 6) is 0. The van der Waals surface area contributed by atoms with Gasteiger partial charge in [0.1, 0.15) is 0 Å². The van der Waals surface area contributed by atoms with E-state index < -0.39 is 0 Å². The van der Waals surface area contributed by atoms with Crippen LogP contribution in [0.2, 0.25) is 0 Å². The third-order valence-electron chi connectivity index (χ3n) is 2.76. The molecule has 0 radical (unpaired) electrons. The Morgan fingerprint density at radius 2 is 1.76 bits per heavy atom. The lowest BCUT2D eigenvalue weighted by molar-refractivity contribution is 0.630. The lowest BCUT2D eigenvalue weighted by Crippen LogP contribution is -2.03. The lowest BCUT2D eigenvalue weighted by Gasteiger charge is -2.05. The number of hydrogen-bond acceptors (Lipinski definition) is 1. The summed E-state index contributed by atoms with van der Waals surface area (Å²) in [6.45, 7) is 9.73. The molecular weight excluding hydrogens is 206 g/mol. The molecule has 0 rings (SSSR count). The van der Waals surface area contributed by atoms with E-state index in [4.69, 9.17) is 0 Å². The maximum atomic E-state index is 3.93. The van der Waals surface area contributed by atoms with Gasteiger partial charge < -0.3 is 5.32 Å². The van der Waals surface area contributed by atoms with Gasteiger partial charge >= 0.3 is 0 Å². The molecule has 0 bridgehead atoms. The van der Waals surface area contributed by atoms with E-state index in [2.05, 4.69) is 43.6 Å². The highest BCUT2D eigenvalue weighted by atomic mass is 14.8. The minimum Gasteiger partial charge on any atom is -0.392 e. The molecule has 0 saturated heterocycles. The molecule has 1 N–H and O–H groups in total. The second kappa shape index (κ2) is 11.3. The van der Waals surface area contributed by atoms with Crippen molar-refractivity contribution < 1.29 is 0 Å². The van der Waals surface area contributed by atoms with E-state index in [0.717, 1.165) is 18.5 Å². The number of unbranched alkanes of at least 4 members (excludes halogenated alkanes) is 3. The van der Waals surface area contributed by atoms with Crippen LogP contribution in [0.5, 0.6) is 0 Å². The first kappa shape index (κ1) is 15.8. The van der Waals surface area contributed by atoms with E-state index in [1.807, 2.05) is 13.1 Å². The predicted molar refractivity (Wildman–Crippen MR) is 79.0 cm³/mol. The summed E-state index contributed by atoms with van der Waals surface area (Å²) < 4.78 is 0. The van der Waals surface area contributed by atoms with E-state index in [1.165, 1.54) is 31.3 Å². The summed E-state index contributed by atoms with van der Waals surface area (Å²) in [6, 6.07) is 0. The Labute approximate surface area is 107 Å². The molecular formula is C16H27N. The van der Waals surface area contributed by atoms with Crippen molar-refractivity contribution >= 4 is 0 Å². The maximum Gasteiger partial charge on any atom is 0.00310 e. The topological polar surface area (TPSA) is 12.0 Å². The van der Waals surface area contributed by atoms with Crippen molar-refractivity contribution in [3.05, 3.63) is 48.7 Å². The van der Waals surface area contributed by atoms with Crippen molar-refractivity contribution in [2.75, 3.05) is 7.05 Å². The van der Waals surface area contributed by atoms with Crippen LogP contribution in [0.25, 0.3) is 0 Å². The SMILES string of the molecule is C=C/C=C(\C=C/C)CCCCCCC(=C)NC. The quantitative estimate of drug-likeness (QED) is 0.424. The van der Waals surface area contributed by atoms with Crippen molar-refractivity contribution in [2.45, 2.75) is 45.4 Å². The molecule has 0 heterocycles. The highest BCUT2D eigenvalue weighted by Crippen LogP contribution is 2.13. The van der Waals surface area contributed by atoms with Crippen LogP contribution in [-0.2, 0) is 0 Å². The van der Waals surface area contributed by atoms with Gasteiger partial charge in [-0.05, 0) is 38.2 Å². The van der Waals surface area contributed by atoms with Crippen molar-refractivity contribution in [3.8, 4) is 0 Å². The molecule has 1 heteroatoms. The summed E-state index contributed by atoms with van der Waals surface area (Å²) in [4.78, 5) is 0. The van der Waals surface area contributed by atoms with Crippen LogP contribution in [0.4, 0.5) is 0 Å². The number of allylic oxidation sites excluding steroid dienone is 6. The molecule has 0 fully saturated rings. The van der Waals surface area contributed by atoms with E-state index in [1.54, 1.807) is 0 Å². The minimum atomic E-state index is 1.10. The molecule has 0 unspecified atom stereocenters. The third-order valence-corrected chi connectivity index (χ3v) is 2.76. The Bertz CT molecular complexity index is 271. The normalized spacial score (nSPS) is 11.8. The second-order valence-corrected chi connectivity index (χ2v) is 4.25. The first-order chi connectivity index (χ1) is 8.24. The van der Waals surface area contributed by atoms with Gasteiger partial charge in [-0.25, -0.2) is 0 Å². The molecule has 0 atom stereocenters. The number of hydrogen-bond donors (Lipinski definition) is 1. The molecule has 0 saturated carbocycles. The zero-order chi connectivity index (χ0) is 12.9. The monoisotopic (exact) mass is 233 g/mol. The number of nitrogens with one attached hydrogen (secondary N) is 1. The van der Waals surface area contributed by atoms with Crippen LogP contribution in [0.1, 0.15) is 45.4 Å². The summed E-state index contributed by atoms with van der Waals surface area (Å²) in [5, 5.41) is 3.08.